The van der Waals surface area contributed by atoms with Gasteiger partial charge in [-0.2, -0.15) is 0 Å². The molecule has 1 aromatic rings. The van der Waals surface area contributed by atoms with Gasteiger partial charge in [0.25, 0.3) is 0 Å². The number of ether oxygens (including phenoxy) is 2. The van der Waals surface area contributed by atoms with Gasteiger partial charge in [0, 0.05) is 0 Å². The lowest BCUT2D eigenvalue weighted by atomic mass is 10.0. The van der Waals surface area contributed by atoms with Crippen LogP contribution >= 0.6 is 0 Å². The Labute approximate surface area is 89.0 Å². The molecule has 0 saturated carbocycles. The number of carbonyl (C=O) groups is 1. The number of hydrogen-bond donors (Lipinski definition) is 1. The highest BCUT2D eigenvalue weighted by molar-refractivity contribution is 5.74. The van der Waals surface area contributed by atoms with Crippen LogP contribution in [0.1, 0.15) is 11.1 Å². The third kappa shape index (κ3) is 2.62. The van der Waals surface area contributed by atoms with E-state index in [0.717, 1.165) is 11.1 Å². The lowest BCUT2D eigenvalue weighted by Gasteiger charge is -2.10. The summed E-state index contributed by atoms with van der Waals surface area (Å²) in [7, 11) is 2.91. The fourth-order valence-electron chi connectivity index (χ4n) is 1.35. The first-order chi connectivity index (χ1) is 7.08. The van der Waals surface area contributed by atoms with E-state index in [2.05, 4.69) is 4.74 Å². The molecule has 0 aliphatic carbocycles. The topological polar surface area (TPSA) is 61.5 Å². The summed E-state index contributed by atoms with van der Waals surface area (Å²) >= 11 is 0. The van der Waals surface area contributed by atoms with Crippen molar-refractivity contribution in [3.8, 4) is 5.75 Å². The zero-order chi connectivity index (χ0) is 11.4. The van der Waals surface area contributed by atoms with Crippen LogP contribution in [0, 0.1) is 6.92 Å². The summed E-state index contributed by atoms with van der Waals surface area (Å²) in [4.78, 5) is 11.1. The van der Waals surface area contributed by atoms with Crippen LogP contribution in [0.25, 0.3) is 0 Å². The molecule has 0 unspecified atom stereocenters. The van der Waals surface area contributed by atoms with E-state index in [1.54, 1.807) is 19.2 Å². The maximum absolute atomic E-state index is 11.1. The van der Waals surface area contributed by atoms with E-state index >= 15 is 0 Å². The van der Waals surface area contributed by atoms with Gasteiger partial charge in [-0.25, -0.2) is 0 Å². The third-order valence-corrected chi connectivity index (χ3v) is 2.25. The number of anilines is 1. The number of rotatable bonds is 3. The van der Waals surface area contributed by atoms with Gasteiger partial charge in [0.1, 0.15) is 5.75 Å². The second-order valence-electron chi connectivity index (χ2n) is 3.27. The summed E-state index contributed by atoms with van der Waals surface area (Å²) in [6, 6.07) is 3.55. The molecule has 0 amide bonds. The Kier molecular flexibility index (Phi) is 3.55. The lowest BCUT2D eigenvalue weighted by Crippen LogP contribution is -2.06. The van der Waals surface area contributed by atoms with E-state index in [4.69, 9.17) is 10.5 Å². The van der Waals surface area contributed by atoms with Gasteiger partial charge in [0.15, 0.2) is 0 Å². The number of aryl methyl sites for hydroxylation is 1. The number of benzene rings is 1. The zero-order valence-electron chi connectivity index (χ0n) is 9.16. The molecular weight excluding hydrogens is 194 g/mol. The summed E-state index contributed by atoms with van der Waals surface area (Å²) in [5, 5.41) is 0. The van der Waals surface area contributed by atoms with Crippen LogP contribution in [0.3, 0.4) is 0 Å². The highest BCUT2D eigenvalue weighted by Crippen LogP contribution is 2.25. The van der Waals surface area contributed by atoms with Gasteiger partial charge in [-0.1, -0.05) is 0 Å². The van der Waals surface area contributed by atoms with Crippen LogP contribution in [-0.4, -0.2) is 20.2 Å². The first-order valence-corrected chi connectivity index (χ1v) is 4.58. The zero-order valence-corrected chi connectivity index (χ0v) is 9.16. The van der Waals surface area contributed by atoms with Crippen molar-refractivity contribution >= 4 is 11.7 Å². The maximum atomic E-state index is 11.1. The maximum Gasteiger partial charge on any atom is 0.309 e. The number of nitrogens with two attached hydrogens (primary N) is 1. The Morgan fingerprint density at radius 2 is 2.07 bits per heavy atom. The van der Waals surface area contributed by atoms with Gasteiger partial charge in [0.05, 0.1) is 26.3 Å². The van der Waals surface area contributed by atoms with Crippen molar-refractivity contribution in [3.63, 3.8) is 0 Å². The Balaban J connectivity index is 3.02. The highest BCUT2D eigenvalue weighted by Gasteiger charge is 2.09. The van der Waals surface area contributed by atoms with Crippen LogP contribution in [0.2, 0.25) is 0 Å². The second-order valence-corrected chi connectivity index (χ2v) is 3.27. The van der Waals surface area contributed by atoms with E-state index in [0.29, 0.717) is 11.4 Å². The molecule has 0 radical (unpaired) electrons. The van der Waals surface area contributed by atoms with Crippen molar-refractivity contribution in [2.24, 2.45) is 0 Å². The predicted molar refractivity (Wildman–Crippen MR) is 57.9 cm³/mol. The van der Waals surface area contributed by atoms with Gasteiger partial charge in [-0.15, -0.1) is 0 Å². The first-order valence-electron chi connectivity index (χ1n) is 4.58. The van der Waals surface area contributed by atoms with Crippen molar-refractivity contribution in [2.75, 3.05) is 20.0 Å². The van der Waals surface area contributed by atoms with E-state index in [-0.39, 0.29) is 12.4 Å². The summed E-state index contributed by atoms with van der Waals surface area (Å²) in [6.07, 6.45) is 0.235. The molecule has 0 heterocycles. The SMILES string of the molecule is COC(=O)Cc1cc(OC)c(N)cc1C. The van der Waals surface area contributed by atoms with Gasteiger partial charge in [-0.3, -0.25) is 4.79 Å². The molecule has 0 aliphatic heterocycles. The number of methoxy groups -OCH3 is 2. The van der Waals surface area contributed by atoms with Gasteiger partial charge >= 0.3 is 5.97 Å². The normalized spacial score (nSPS) is 9.80. The van der Waals surface area contributed by atoms with Crippen LogP contribution in [0.5, 0.6) is 5.75 Å². The molecule has 1 aromatic carbocycles. The largest absolute Gasteiger partial charge is 0.495 e. The summed E-state index contributed by atoms with van der Waals surface area (Å²) in [5.74, 6) is 0.310. The predicted octanol–water partition coefficient (Wildman–Crippen LogP) is 1.30. The molecule has 0 bridgehead atoms. The van der Waals surface area contributed by atoms with Crippen molar-refractivity contribution in [1.82, 2.24) is 0 Å². The lowest BCUT2D eigenvalue weighted by molar-refractivity contribution is -0.139. The van der Waals surface area contributed by atoms with Crippen LogP contribution in [0.15, 0.2) is 12.1 Å². The molecule has 0 aliphatic rings. The van der Waals surface area contributed by atoms with E-state index in [1.165, 1.54) is 7.11 Å². The minimum Gasteiger partial charge on any atom is -0.495 e. The Hall–Kier alpha value is -1.71. The fraction of sp³-hybridized carbons (Fsp3) is 0.364. The standard InChI is InChI=1S/C11H15NO3/c1-7-4-9(12)10(14-2)5-8(7)6-11(13)15-3/h4-5H,6,12H2,1-3H3. The Bertz CT molecular complexity index is 374. The molecule has 0 spiro atoms. The third-order valence-electron chi connectivity index (χ3n) is 2.25. The molecule has 82 valence electrons. The molecule has 2 N–H and O–H groups in total. The Morgan fingerprint density at radius 3 is 2.60 bits per heavy atom. The quantitative estimate of drug-likeness (QED) is 0.602. The van der Waals surface area contributed by atoms with Gasteiger partial charge in [-0.05, 0) is 30.2 Å². The Morgan fingerprint density at radius 1 is 1.40 bits per heavy atom. The van der Waals surface area contributed by atoms with Gasteiger partial charge in [0.2, 0.25) is 0 Å². The number of carbonyl (C=O) groups excluding carboxylic acids is 1. The van der Waals surface area contributed by atoms with Crippen LogP contribution in [0.4, 0.5) is 5.69 Å². The molecule has 4 nitrogen and oxygen atoms in total. The smallest absolute Gasteiger partial charge is 0.309 e. The van der Waals surface area contributed by atoms with Crippen molar-refractivity contribution in [2.45, 2.75) is 13.3 Å². The average molecular weight is 209 g/mol. The molecular formula is C11H15NO3. The average Bonchev–Trinajstić information content (AvgIpc) is 2.21. The van der Waals surface area contributed by atoms with Crippen molar-refractivity contribution < 1.29 is 14.3 Å². The number of hydrogen-bond acceptors (Lipinski definition) is 4. The van der Waals surface area contributed by atoms with Crippen molar-refractivity contribution in [3.05, 3.63) is 23.3 Å². The fourth-order valence-corrected chi connectivity index (χ4v) is 1.35. The number of esters is 1. The second kappa shape index (κ2) is 4.68. The van der Waals surface area contributed by atoms with E-state index < -0.39 is 0 Å². The summed E-state index contributed by atoms with van der Waals surface area (Å²) < 4.78 is 9.68. The molecule has 0 fully saturated rings. The van der Waals surface area contributed by atoms with Crippen molar-refractivity contribution in [1.29, 1.82) is 0 Å². The summed E-state index contributed by atoms with van der Waals surface area (Å²) in [5.41, 5.74) is 8.12. The van der Waals surface area contributed by atoms with E-state index in [1.807, 2.05) is 6.92 Å². The number of nitrogen functional groups attached to an aromatic ring is 1. The monoisotopic (exact) mass is 209 g/mol. The molecule has 1 rings (SSSR count). The van der Waals surface area contributed by atoms with E-state index in [9.17, 15) is 4.79 Å². The van der Waals surface area contributed by atoms with Gasteiger partial charge < -0.3 is 15.2 Å². The minimum atomic E-state index is -0.273. The molecule has 15 heavy (non-hydrogen) atoms. The molecule has 4 heteroatoms. The molecule has 0 atom stereocenters. The van der Waals surface area contributed by atoms with Crippen LogP contribution < -0.4 is 10.5 Å². The first kappa shape index (κ1) is 11.4. The molecule has 0 aromatic heterocycles. The minimum absolute atomic E-state index is 0.235. The van der Waals surface area contributed by atoms with Crippen LogP contribution in [-0.2, 0) is 16.0 Å². The molecule has 0 saturated heterocycles. The summed E-state index contributed by atoms with van der Waals surface area (Å²) in [6.45, 7) is 1.90. The highest BCUT2D eigenvalue weighted by atomic mass is 16.5.